The summed E-state index contributed by atoms with van der Waals surface area (Å²) in [5.74, 6) is 2.29. The predicted molar refractivity (Wildman–Crippen MR) is 161 cm³/mol. The maximum absolute atomic E-state index is 13.9. The molecule has 2 N–H and O–H groups in total. The summed E-state index contributed by atoms with van der Waals surface area (Å²) in [6.45, 7) is 4.38. The standard InChI is InChI=1S/C30H29Cl2N5O5/c1-5-41-26-13-19(7-11-24(26)42-15-18-6-9-21(31)22(32)12-18)28-27(17(2)35-30-33-16-34-37(28)30)29(38)36-23-10-8-20(39-3)14-25(23)40-4/h6-14,16,28H,5,15H2,1-4H3,(H,36,38)(H,33,34,35)/t28-/m1/s1. The van der Waals surface area contributed by atoms with Crippen molar-refractivity contribution in [2.24, 2.45) is 0 Å². The highest BCUT2D eigenvalue weighted by Gasteiger charge is 2.34. The zero-order valence-electron chi connectivity index (χ0n) is 23.4. The zero-order chi connectivity index (χ0) is 29.8. The Morgan fingerprint density at radius 3 is 2.55 bits per heavy atom. The molecular weight excluding hydrogens is 581 g/mol. The van der Waals surface area contributed by atoms with Crippen LogP contribution in [0.4, 0.5) is 11.6 Å². The smallest absolute Gasteiger partial charge is 0.255 e. The molecule has 0 aliphatic carbocycles. The first-order chi connectivity index (χ1) is 20.3. The SMILES string of the molecule is CCOc1cc([C@@H]2C(C(=O)Nc3ccc(OC)cc3OC)=C(C)Nc3ncnn32)ccc1OCc1ccc(Cl)c(Cl)c1. The molecule has 0 bridgehead atoms. The molecule has 42 heavy (non-hydrogen) atoms. The number of fused-ring (bicyclic) bond motifs is 1. The summed E-state index contributed by atoms with van der Waals surface area (Å²) in [6, 6.07) is 15.4. The van der Waals surface area contributed by atoms with Crippen molar-refractivity contribution in [1.29, 1.82) is 0 Å². The van der Waals surface area contributed by atoms with Crippen molar-refractivity contribution in [2.75, 3.05) is 31.5 Å². The lowest BCUT2D eigenvalue weighted by atomic mass is 9.94. The number of rotatable bonds is 10. The number of aromatic nitrogens is 3. The van der Waals surface area contributed by atoms with Crippen LogP contribution in [-0.4, -0.2) is 41.5 Å². The third-order valence-electron chi connectivity index (χ3n) is 6.66. The summed E-state index contributed by atoms with van der Waals surface area (Å²) in [6.07, 6.45) is 1.44. The molecule has 2 heterocycles. The van der Waals surface area contributed by atoms with Crippen molar-refractivity contribution in [2.45, 2.75) is 26.5 Å². The van der Waals surface area contributed by atoms with Crippen LogP contribution in [0.15, 0.2) is 72.2 Å². The van der Waals surface area contributed by atoms with Crippen LogP contribution in [0, 0.1) is 0 Å². The number of carbonyl (C=O) groups is 1. The van der Waals surface area contributed by atoms with E-state index in [1.165, 1.54) is 13.4 Å². The summed E-state index contributed by atoms with van der Waals surface area (Å²) in [4.78, 5) is 18.2. The third kappa shape index (κ3) is 5.95. The van der Waals surface area contributed by atoms with Gasteiger partial charge in [0, 0.05) is 11.8 Å². The summed E-state index contributed by atoms with van der Waals surface area (Å²) in [7, 11) is 3.09. The third-order valence-corrected chi connectivity index (χ3v) is 7.40. The van der Waals surface area contributed by atoms with Crippen molar-refractivity contribution in [1.82, 2.24) is 14.8 Å². The normalized spacial score (nSPS) is 14.1. The van der Waals surface area contributed by atoms with Crippen molar-refractivity contribution < 1.29 is 23.7 Å². The minimum absolute atomic E-state index is 0.257. The van der Waals surface area contributed by atoms with Crippen LogP contribution in [-0.2, 0) is 11.4 Å². The molecule has 0 unspecified atom stereocenters. The number of ether oxygens (including phenoxy) is 4. The van der Waals surface area contributed by atoms with Crippen molar-refractivity contribution in [3.63, 3.8) is 0 Å². The molecule has 1 amide bonds. The fourth-order valence-electron chi connectivity index (χ4n) is 4.66. The number of benzene rings is 3. The fraction of sp³-hybridized carbons (Fsp3) is 0.233. The molecule has 12 heteroatoms. The van der Waals surface area contributed by atoms with Gasteiger partial charge in [0.1, 0.15) is 30.5 Å². The number of anilines is 2. The van der Waals surface area contributed by atoms with E-state index in [0.717, 1.165) is 11.1 Å². The Labute approximate surface area is 253 Å². The van der Waals surface area contributed by atoms with E-state index in [9.17, 15) is 4.79 Å². The van der Waals surface area contributed by atoms with Crippen molar-refractivity contribution >= 4 is 40.7 Å². The highest BCUT2D eigenvalue weighted by atomic mass is 35.5. The molecule has 1 aliphatic rings. The number of hydrogen-bond donors (Lipinski definition) is 2. The first-order valence-electron chi connectivity index (χ1n) is 13.1. The van der Waals surface area contributed by atoms with Crippen molar-refractivity contribution in [3.8, 4) is 23.0 Å². The molecule has 0 radical (unpaired) electrons. The van der Waals surface area contributed by atoms with E-state index in [0.29, 0.717) is 62.6 Å². The molecule has 218 valence electrons. The first-order valence-corrected chi connectivity index (χ1v) is 13.8. The van der Waals surface area contributed by atoms with Gasteiger partial charge >= 0.3 is 0 Å². The van der Waals surface area contributed by atoms with Crippen LogP contribution in [0.3, 0.4) is 0 Å². The molecule has 1 aliphatic heterocycles. The Balaban J connectivity index is 1.48. The second kappa shape index (κ2) is 12.6. The predicted octanol–water partition coefficient (Wildman–Crippen LogP) is 6.51. The number of hydrogen-bond acceptors (Lipinski definition) is 8. The molecule has 10 nitrogen and oxygen atoms in total. The van der Waals surface area contributed by atoms with Crippen LogP contribution >= 0.6 is 23.2 Å². The van der Waals surface area contributed by atoms with E-state index in [2.05, 4.69) is 20.7 Å². The van der Waals surface area contributed by atoms with Gasteiger partial charge in [-0.15, -0.1) is 0 Å². The minimum atomic E-state index is -0.615. The van der Waals surface area contributed by atoms with Gasteiger partial charge in [0.2, 0.25) is 5.95 Å². The van der Waals surface area contributed by atoms with E-state index in [-0.39, 0.29) is 12.5 Å². The van der Waals surface area contributed by atoms with E-state index < -0.39 is 6.04 Å². The van der Waals surface area contributed by atoms with Gasteiger partial charge < -0.3 is 29.6 Å². The van der Waals surface area contributed by atoms with Gasteiger partial charge in [-0.25, -0.2) is 4.68 Å². The molecule has 1 aromatic heterocycles. The second-order valence-corrected chi connectivity index (χ2v) is 10.1. The number of nitrogens with one attached hydrogen (secondary N) is 2. The summed E-state index contributed by atoms with van der Waals surface area (Å²) in [5, 5.41) is 11.5. The monoisotopic (exact) mass is 609 g/mol. The maximum atomic E-state index is 13.9. The van der Waals surface area contributed by atoms with E-state index >= 15 is 0 Å². The Kier molecular flexibility index (Phi) is 8.75. The molecule has 4 aromatic rings. The summed E-state index contributed by atoms with van der Waals surface area (Å²) in [5.41, 5.74) is 3.17. The van der Waals surface area contributed by atoms with Crippen LogP contribution in [0.5, 0.6) is 23.0 Å². The van der Waals surface area contributed by atoms with Gasteiger partial charge in [-0.05, 0) is 61.4 Å². The molecule has 3 aromatic carbocycles. The number of amides is 1. The molecule has 0 saturated heterocycles. The first kappa shape index (κ1) is 29.1. The van der Waals surface area contributed by atoms with Crippen LogP contribution in [0.2, 0.25) is 10.0 Å². The largest absolute Gasteiger partial charge is 0.497 e. The van der Waals surface area contributed by atoms with Crippen molar-refractivity contribution in [3.05, 3.63) is 93.4 Å². The van der Waals surface area contributed by atoms with Gasteiger partial charge in [-0.3, -0.25) is 4.79 Å². The average molecular weight is 610 g/mol. The molecule has 0 fully saturated rings. The van der Waals surface area contributed by atoms with E-state index in [1.807, 2.05) is 38.1 Å². The molecular formula is C30H29Cl2N5O5. The Morgan fingerprint density at radius 1 is 0.976 bits per heavy atom. The average Bonchev–Trinajstić information content (AvgIpc) is 3.45. The number of carbonyl (C=O) groups excluding carboxylic acids is 1. The van der Waals surface area contributed by atoms with Gasteiger partial charge in [0.25, 0.3) is 5.91 Å². The quantitative estimate of drug-likeness (QED) is 0.209. The topological polar surface area (TPSA) is 109 Å². The lowest BCUT2D eigenvalue weighted by Gasteiger charge is -2.29. The van der Waals surface area contributed by atoms with Crippen LogP contribution in [0.25, 0.3) is 0 Å². The molecule has 0 saturated carbocycles. The minimum Gasteiger partial charge on any atom is -0.497 e. The highest BCUT2D eigenvalue weighted by Crippen LogP contribution is 2.40. The second-order valence-electron chi connectivity index (χ2n) is 9.29. The Bertz CT molecular complexity index is 1660. The number of nitrogens with zero attached hydrogens (tertiary/aromatic N) is 3. The van der Waals surface area contributed by atoms with Gasteiger partial charge in [0.05, 0.1) is 42.1 Å². The Morgan fingerprint density at radius 2 is 1.81 bits per heavy atom. The Hall–Kier alpha value is -4.41. The van der Waals surface area contributed by atoms with Gasteiger partial charge in [-0.2, -0.15) is 10.1 Å². The summed E-state index contributed by atoms with van der Waals surface area (Å²) >= 11 is 12.2. The van der Waals surface area contributed by atoms with Crippen LogP contribution in [0.1, 0.15) is 31.0 Å². The fourth-order valence-corrected chi connectivity index (χ4v) is 4.98. The molecule has 5 rings (SSSR count). The van der Waals surface area contributed by atoms with E-state index in [1.54, 1.807) is 42.1 Å². The van der Waals surface area contributed by atoms with Gasteiger partial charge in [0.15, 0.2) is 11.5 Å². The highest BCUT2D eigenvalue weighted by molar-refractivity contribution is 6.42. The van der Waals surface area contributed by atoms with E-state index in [4.69, 9.17) is 42.1 Å². The van der Waals surface area contributed by atoms with Crippen LogP contribution < -0.4 is 29.6 Å². The molecule has 1 atom stereocenters. The lowest BCUT2D eigenvalue weighted by Crippen LogP contribution is -2.31. The number of allylic oxidation sites excluding steroid dienone is 1. The number of methoxy groups -OCH3 is 2. The summed E-state index contributed by atoms with van der Waals surface area (Å²) < 4.78 is 24.5. The van der Waals surface area contributed by atoms with Gasteiger partial charge in [-0.1, -0.05) is 35.3 Å². The lowest BCUT2D eigenvalue weighted by molar-refractivity contribution is -0.113. The maximum Gasteiger partial charge on any atom is 0.255 e. The molecule has 0 spiro atoms. The number of halogens is 2. The zero-order valence-corrected chi connectivity index (χ0v) is 24.9.